The molecule has 2 aromatic carbocycles. The first-order valence-corrected chi connectivity index (χ1v) is 8.17. The molecule has 8 heteroatoms. The van der Waals surface area contributed by atoms with Crippen LogP contribution in [0.25, 0.3) is 0 Å². The van der Waals surface area contributed by atoms with E-state index in [1.54, 1.807) is 14.2 Å². The minimum Gasteiger partial charge on any atom is -0.493 e. The second-order valence-corrected chi connectivity index (χ2v) is 5.80. The maximum atomic E-state index is 12.5. The normalized spacial score (nSPS) is 11.0. The van der Waals surface area contributed by atoms with Crippen molar-refractivity contribution in [3.63, 3.8) is 0 Å². The van der Waals surface area contributed by atoms with Gasteiger partial charge in [0.1, 0.15) is 0 Å². The molecule has 0 bridgehead atoms. The van der Waals surface area contributed by atoms with Crippen LogP contribution in [0.2, 0.25) is 0 Å². The summed E-state index contributed by atoms with van der Waals surface area (Å²) in [5, 5.41) is 6.21. The Hall–Kier alpha value is -2.48. The summed E-state index contributed by atoms with van der Waals surface area (Å²) in [6.45, 7) is 0.557. The van der Waals surface area contributed by atoms with Crippen molar-refractivity contribution in [2.24, 2.45) is 0 Å². The monoisotopic (exact) mass is 384 g/mol. The van der Waals surface area contributed by atoms with Gasteiger partial charge in [-0.1, -0.05) is 6.07 Å². The van der Waals surface area contributed by atoms with Gasteiger partial charge in [0.25, 0.3) is 0 Å². The number of halogens is 3. The average Bonchev–Trinajstić information content (AvgIpc) is 2.61. The molecule has 140 valence electrons. The fourth-order valence-corrected chi connectivity index (χ4v) is 2.49. The molecular formula is C18H19F3N2O2S. The van der Waals surface area contributed by atoms with Crippen LogP contribution in [-0.4, -0.2) is 25.9 Å². The number of alkyl halides is 3. The van der Waals surface area contributed by atoms with Crippen LogP contribution in [0.15, 0.2) is 42.5 Å². The number of anilines is 1. The van der Waals surface area contributed by atoms with Crippen LogP contribution in [0.5, 0.6) is 11.5 Å². The fraction of sp³-hybridized carbons (Fsp3) is 0.278. The third kappa shape index (κ3) is 5.52. The standard InChI is InChI=1S/C18H19F3N2O2S/c1-24-15-8-3-12(11-16(15)25-2)9-10-22-17(26)23-14-6-4-13(5-7-14)18(19,20)21/h3-8,11H,9-10H2,1-2H3,(H2,22,23,26). The minimum atomic E-state index is -4.35. The molecule has 26 heavy (non-hydrogen) atoms. The molecule has 0 aliphatic carbocycles. The highest BCUT2D eigenvalue weighted by molar-refractivity contribution is 7.80. The molecule has 0 aliphatic heterocycles. The lowest BCUT2D eigenvalue weighted by atomic mass is 10.1. The summed E-state index contributed by atoms with van der Waals surface area (Å²) in [6, 6.07) is 10.3. The van der Waals surface area contributed by atoms with E-state index in [2.05, 4.69) is 10.6 Å². The van der Waals surface area contributed by atoms with Crippen LogP contribution in [0.4, 0.5) is 18.9 Å². The molecule has 0 unspecified atom stereocenters. The van der Waals surface area contributed by atoms with Crippen LogP contribution in [0.1, 0.15) is 11.1 Å². The average molecular weight is 384 g/mol. The van der Waals surface area contributed by atoms with E-state index < -0.39 is 11.7 Å². The Balaban J connectivity index is 1.84. The zero-order chi connectivity index (χ0) is 19.2. The van der Waals surface area contributed by atoms with Gasteiger partial charge >= 0.3 is 6.18 Å². The number of methoxy groups -OCH3 is 2. The maximum absolute atomic E-state index is 12.5. The fourth-order valence-electron chi connectivity index (χ4n) is 2.27. The van der Waals surface area contributed by atoms with Crippen molar-refractivity contribution in [3.8, 4) is 11.5 Å². The summed E-state index contributed by atoms with van der Waals surface area (Å²) < 4.78 is 48.0. The summed E-state index contributed by atoms with van der Waals surface area (Å²) in [7, 11) is 3.15. The van der Waals surface area contributed by atoms with Crippen LogP contribution in [-0.2, 0) is 12.6 Å². The van der Waals surface area contributed by atoms with Gasteiger partial charge in [0.05, 0.1) is 19.8 Å². The van der Waals surface area contributed by atoms with Gasteiger partial charge in [0, 0.05) is 12.2 Å². The van der Waals surface area contributed by atoms with Crippen molar-refractivity contribution in [2.45, 2.75) is 12.6 Å². The summed E-state index contributed by atoms with van der Waals surface area (Å²) in [5.74, 6) is 1.30. The maximum Gasteiger partial charge on any atom is 0.416 e. The summed E-state index contributed by atoms with van der Waals surface area (Å²) in [6.07, 6.45) is -3.66. The van der Waals surface area contributed by atoms with Gasteiger partial charge in [-0.2, -0.15) is 13.2 Å². The minimum absolute atomic E-state index is 0.338. The zero-order valence-corrected chi connectivity index (χ0v) is 15.1. The molecule has 0 atom stereocenters. The number of hydrogen-bond acceptors (Lipinski definition) is 3. The van der Waals surface area contributed by atoms with Gasteiger partial charge < -0.3 is 20.1 Å². The topological polar surface area (TPSA) is 42.5 Å². The van der Waals surface area contributed by atoms with Gasteiger partial charge in [0.15, 0.2) is 16.6 Å². The van der Waals surface area contributed by atoms with Crippen molar-refractivity contribution >= 4 is 23.0 Å². The third-order valence-corrected chi connectivity index (χ3v) is 3.86. The van der Waals surface area contributed by atoms with Crippen LogP contribution < -0.4 is 20.1 Å². The molecular weight excluding hydrogens is 365 g/mol. The van der Waals surface area contributed by atoms with Crippen molar-refractivity contribution in [3.05, 3.63) is 53.6 Å². The van der Waals surface area contributed by atoms with E-state index in [4.69, 9.17) is 21.7 Å². The molecule has 0 radical (unpaired) electrons. The highest BCUT2D eigenvalue weighted by atomic mass is 32.1. The van der Waals surface area contributed by atoms with E-state index >= 15 is 0 Å². The summed E-state index contributed by atoms with van der Waals surface area (Å²) in [5.41, 5.74) is 0.824. The van der Waals surface area contributed by atoms with Crippen molar-refractivity contribution in [1.29, 1.82) is 0 Å². The molecule has 0 heterocycles. The lowest BCUT2D eigenvalue weighted by molar-refractivity contribution is -0.137. The Morgan fingerprint density at radius 2 is 1.65 bits per heavy atom. The molecule has 0 aliphatic rings. The molecule has 0 aromatic heterocycles. The van der Waals surface area contributed by atoms with Gasteiger partial charge in [0.2, 0.25) is 0 Å². The second kappa shape index (κ2) is 8.75. The van der Waals surface area contributed by atoms with Gasteiger partial charge in [-0.25, -0.2) is 0 Å². The van der Waals surface area contributed by atoms with E-state index in [9.17, 15) is 13.2 Å². The zero-order valence-electron chi connectivity index (χ0n) is 14.3. The largest absolute Gasteiger partial charge is 0.493 e. The highest BCUT2D eigenvalue weighted by Gasteiger charge is 2.29. The molecule has 0 fully saturated rings. The molecule has 2 aromatic rings. The van der Waals surface area contributed by atoms with Crippen molar-refractivity contribution in [2.75, 3.05) is 26.1 Å². The SMILES string of the molecule is COc1ccc(CCNC(=S)Nc2ccc(C(F)(F)F)cc2)cc1OC. The van der Waals surface area contributed by atoms with Gasteiger partial charge in [-0.05, 0) is 60.6 Å². The van der Waals surface area contributed by atoms with Gasteiger partial charge in [-0.3, -0.25) is 0 Å². The van der Waals surface area contributed by atoms with Gasteiger partial charge in [-0.15, -0.1) is 0 Å². The quantitative estimate of drug-likeness (QED) is 0.729. The van der Waals surface area contributed by atoms with Crippen LogP contribution in [0, 0.1) is 0 Å². The van der Waals surface area contributed by atoms with E-state index in [1.165, 1.54) is 12.1 Å². The first-order chi connectivity index (χ1) is 12.3. The summed E-state index contributed by atoms with van der Waals surface area (Å²) in [4.78, 5) is 0. The molecule has 2 rings (SSSR count). The predicted molar refractivity (Wildman–Crippen MR) is 98.9 cm³/mol. The van der Waals surface area contributed by atoms with Crippen molar-refractivity contribution in [1.82, 2.24) is 5.32 Å². The van der Waals surface area contributed by atoms with Crippen LogP contribution in [0.3, 0.4) is 0 Å². The summed E-state index contributed by atoms with van der Waals surface area (Å²) >= 11 is 5.16. The van der Waals surface area contributed by atoms with Crippen molar-refractivity contribution < 1.29 is 22.6 Å². The molecule has 0 spiro atoms. The Labute approximate surface area is 155 Å². The molecule has 0 saturated carbocycles. The lowest BCUT2D eigenvalue weighted by Gasteiger charge is -2.13. The Bertz CT molecular complexity index is 749. The Morgan fingerprint density at radius 3 is 2.23 bits per heavy atom. The smallest absolute Gasteiger partial charge is 0.416 e. The lowest BCUT2D eigenvalue weighted by Crippen LogP contribution is -2.30. The Morgan fingerprint density at radius 1 is 1.00 bits per heavy atom. The first-order valence-electron chi connectivity index (χ1n) is 7.76. The number of nitrogens with one attached hydrogen (secondary N) is 2. The first kappa shape index (κ1) is 19.8. The van der Waals surface area contributed by atoms with E-state index in [1.807, 2.05) is 18.2 Å². The number of hydrogen-bond donors (Lipinski definition) is 2. The predicted octanol–water partition coefficient (Wildman–Crippen LogP) is 4.25. The number of ether oxygens (including phenoxy) is 2. The number of rotatable bonds is 6. The second-order valence-electron chi connectivity index (χ2n) is 5.40. The molecule has 4 nitrogen and oxygen atoms in total. The Kier molecular flexibility index (Phi) is 6.68. The molecule has 2 N–H and O–H groups in total. The molecule has 0 saturated heterocycles. The number of thiocarbonyl (C=S) groups is 1. The highest BCUT2D eigenvalue weighted by Crippen LogP contribution is 2.30. The van der Waals surface area contributed by atoms with Crippen LogP contribution >= 0.6 is 12.2 Å². The van der Waals surface area contributed by atoms with E-state index in [-0.39, 0.29) is 0 Å². The van der Waals surface area contributed by atoms with E-state index in [0.29, 0.717) is 35.3 Å². The number of benzene rings is 2. The third-order valence-electron chi connectivity index (χ3n) is 3.62. The molecule has 0 amide bonds. The van der Waals surface area contributed by atoms with E-state index in [0.717, 1.165) is 17.7 Å².